The standard InChI is InChI=1S/C29H37N3O4S/c1-20-5-8-27(36-18-24-7-6-22(16-21(24)2)17-31(3)13-14-35-4)25(15-20)26-19-37-29(30-26)32-11-9-23(10-12-32)28(33)34/h5-8,15-16,19,23H,9-14,17-18H2,1-4H3,(H,33,34). The number of aliphatic carboxylic acids is 1. The molecule has 0 unspecified atom stereocenters. The van der Waals surface area contributed by atoms with Crippen molar-refractivity contribution < 1.29 is 19.4 Å². The number of piperidine rings is 1. The van der Waals surface area contributed by atoms with Gasteiger partial charge in [0.2, 0.25) is 0 Å². The van der Waals surface area contributed by atoms with Crippen molar-refractivity contribution in [1.82, 2.24) is 9.88 Å². The quantitative estimate of drug-likeness (QED) is 0.361. The molecule has 37 heavy (non-hydrogen) atoms. The normalized spacial score (nSPS) is 14.4. The summed E-state index contributed by atoms with van der Waals surface area (Å²) in [6, 6.07) is 12.8. The molecule has 1 fully saturated rings. The number of aryl methyl sites for hydroxylation is 2. The maximum absolute atomic E-state index is 11.3. The number of nitrogens with zero attached hydrogens (tertiary/aromatic N) is 3. The summed E-state index contributed by atoms with van der Waals surface area (Å²) in [6.45, 7) is 8.64. The Hall–Kier alpha value is -2.94. The number of anilines is 1. The molecule has 4 rings (SSSR count). The third-order valence-corrected chi connectivity index (χ3v) is 7.84. The van der Waals surface area contributed by atoms with Crippen LogP contribution >= 0.6 is 11.3 Å². The first-order chi connectivity index (χ1) is 17.8. The summed E-state index contributed by atoms with van der Waals surface area (Å²) in [4.78, 5) is 20.6. The van der Waals surface area contributed by atoms with Gasteiger partial charge in [0.25, 0.3) is 0 Å². The van der Waals surface area contributed by atoms with Gasteiger partial charge in [0.05, 0.1) is 18.2 Å². The molecule has 7 nitrogen and oxygen atoms in total. The van der Waals surface area contributed by atoms with Crippen molar-refractivity contribution in [3.63, 3.8) is 0 Å². The molecule has 0 bridgehead atoms. The zero-order valence-corrected chi connectivity index (χ0v) is 23.0. The van der Waals surface area contributed by atoms with Crippen LogP contribution in [0.5, 0.6) is 5.75 Å². The summed E-state index contributed by atoms with van der Waals surface area (Å²) in [5.74, 6) is -0.128. The number of likely N-dealkylation sites (N-methyl/N-ethyl adjacent to an activating group) is 1. The van der Waals surface area contributed by atoms with Gasteiger partial charge >= 0.3 is 5.97 Å². The van der Waals surface area contributed by atoms with Crippen LogP contribution in [0.25, 0.3) is 11.3 Å². The molecule has 198 valence electrons. The molecule has 1 aliphatic heterocycles. The fraction of sp³-hybridized carbons (Fsp3) is 0.448. The second kappa shape index (κ2) is 12.5. The van der Waals surface area contributed by atoms with Crippen molar-refractivity contribution in [3.05, 3.63) is 64.0 Å². The van der Waals surface area contributed by atoms with E-state index in [1.807, 2.05) is 6.07 Å². The zero-order valence-electron chi connectivity index (χ0n) is 22.2. The van der Waals surface area contributed by atoms with Gasteiger partial charge in [-0.2, -0.15) is 0 Å². The smallest absolute Gasteiger partial charge is 0.306 e. The summed E-state index contributed by atoms with van der Waals surface area (Å²) in [6.07, 6.45) is 1.31. The Morgan fingerprint density at radius 1 is 1.19 bits per heavy atom. The Bertz CT molecular complexity index is 1200. The molecule has 8 heteroatoms. The largest absolute Gasteiger partial charge is 0.488 e. The Balaban J connectivity index is 1.43. The van der Waals surface area contributed by atoms with Crippen molar-refractivity contribution >= 4 is 22.4 Å². The first-order valence-electron chi connectivity index (χ1n) is 12.8. The van der Waals surface area contributed by atoms with E-state index in [9.17, 15) is 9.90 Å². The third kappa shape index (κ3) is 7.09. The Kier molecular flexibility index (Phi) is 9.18. The van der Waals surface area contributed by atoms with Gasteiger partial charge < -0.3 is 19.5 Å². The third-order valence-electron chi connectivity index (χ3n) is 6.94. The zero-order chi connectivity index (χ0) is 26.4. The van der Waals surface area contributed by atoms with Crippen LogP contribution in [0.4, 0.5) is 5.13 Å². The summed E-state index contributed by atoms with van der Waals surface area (Å²) < 4.78 is 11.5. The van der Waals surface area contributed by atoms with E-state index in [2.05, 4.69) is 66.4 Å². The van der Waals surface area contributed by atoms with Crippen LogP contribution in [0.15, 0.2) is 41.8 Å². The van der Waals surface area contributed by atoms with Crippen LogP contribution in [-0.4, -0.2) is 61.4 Å². The number of hydrogen-bond acceptors (Lipinski definition) is 7. The molecule has 2 heterocycles. The van der Waals surface area contributed by atoms with Crippen molar-refractivity contribution in [2.75, 3.05) is 45.3 Å². The van der Waals surface area contributed by atoms with E-state index in [1.165, 1.54) is 11.1 Å². The first-order valence-corrected chi connectivity index (χ1v) is 13.6. The molecule has 0 radical (unpaired) electrons. The molecule has 0 aliphatic carbocycles. The van der Waals surface area contributed by atoms with Crippen LogP contribution < -0.4 is 9.64 Å². The minimum atomic E-state index is -0.694. The summed E-state index contributed by atoms with van der Waals surface area (Å²) >= 11 is 1.60. The highest BCUT2D eigenvalue weighted by atomic mass is 32.1. The molecule has 2 aromatic carbocycles. The highest BCUT2D eigenvalue weighted by Gasteiger charge is 2.26. The maximum Gasteiger partial charge on any atom is 0.306 e. The van der Waals surface area contributed by atoms with Crippen LogP contribution in [0.2, 0.25) is 0 Å². The lowest BCUT2D eigenvalue weighted by Crippen LogP contribution is -2.36. The number of carboxylic acid groups (broad SMARTS) is 1. The molecular weight excluding hydrogens is 486 g/mol. The van der Waals surface area contributed by atoms with E-state index in [4.69, 9.17) is 14.5 Å². The number of carboxylic acids is 1. The second-order valence-electron chi connectivity index (χ2n) is 9.89. The van der Waals surface area contributed by atoms with E-state index >= 15 is 0 Å². The van der Waals surface area contributed by atoms with Gasteiger partial charge in [-0.3, -0.25) is 9.69 Å². The second-order valence-corrected chi connectivity index (χ2v) is 10.7. The first kappa shape index (κ1) is 27.1. The molecule has 3 aromatic rings. The van der Waals surface area contributed by atoms with E-state index in [1.54, 1.807) is 18.4 Å². The summed E-state index contributed by atoms with van der Waals surface area (Å²) in [7, 11) is 3.83. The Morgan fingerprint density at radius 2 is 1.97 bits per heavy atom. The predicted octanol–water partition coefficient (Wildman–Crippen LogP) is 5.39. The van der Waals surface area contributed by atoms with Crippen LogP contribution in [0.1, 0.15) is 35.1 Å². The number of hydrogen-bond donors (Lipinski definition) is 1. The van der Waals surface area contributed by atoms with Gasteiger partial charge in [-0.25, -0.2) is 4.98 Å². The van der Waals surface area contributed by atoms with Crippen molar-refractivity contribution in [1.29, 1.82) is 0 Å². The number of ether oxygens (including phenoxy) is 2. The van der Waals surface area contributed by atoms with Gasteiger partial charge in [-0.1, -0.05) is 29.8 Å². The number of carbonyl (C=O) groups is 1. The number of rotatable bonds is 11. The Labute approximate surface area is 223 Å². The maximum atomic E-state index is 11.3. The molecular formula is C29H37N3O4S. The minimum absolute atomic E-state index is 0.249. The van der Waals surface area contributed by atoms with Crippen molar-refractivity contribution in [2.45, 2.75) is 39.8 Å². The van der Waals surface area contributed by atoms with Crippen LogP contribution in [0.3, 0.4) is 0 Å². The van der Waals surface area contributed by atoms with E-state index in [0.717, 1.165) is 66.1 Å². The Morgan fingerprint density at radius 3 is 2.68 bits per heavy atom. The lowest BCUT2D eigenvalue weighted by molar-refractivity contribution is -0.142. The van der Waals surface area contributed by atoms with E-state index < -0.39 is 5.97 Å². The lowest BCUT2D eigenvalue weighted by atomic mass is 9.97. The molecule has 1 saturated heterocycles. The van der Waals surface area contributed by atoms with Gasteiger partial charge in [0.15, 0.2) is 5.13 Å². The van der Waals surface area contributed by atoms with E-state index in [-0.39, 0.29) is 5.92 Å². The van der Waals surface area contributed by atoms with Crippen molar-refractivity contribution in [3.8, 4) is 17.0 Å². The molecule has 0 saturated carbocycles. The number of aromatic nitrogens is 1. The minimum Gasteiger partial charge on any atom is -0.488 e. The van der Waals surface area contributed by atoms with Gasteiger partial charge in [0.1, 0.15) is 12.4 Å². The number of thiazole rings is 1. The molecule has 0 spiro atoms. The van der Waals surface area contributed by atoms with Gasteiger partial charge in [0, 0.05) is 44.2 Å². The van der Waals surface area contributed by atoms with Crippen LogP contribution in [-0.2, 0) is 22.7 Å². The molecule has 1 N–H and O–H groups in total. The predicted molar refractivity (Wildman–Crippen MR) is 149 cm³/mol. The average molecular weight is 524 g/mol. The number of methoxy groups -OCH3 is 1. The molecule has 1 aromatic heterocycles. The summed E-state index contributed by atoms with van der Waals surface area (Å²) in [5.41, 5.74) is 6.68. The fourth-order valence-corrected chi connectivity index (χ4v) is 5.51. The van der Waals surface area contributed by atoms with Crippen LogP contribution in [0, 0.1) is 19.8 Å². The highest BCUT2D eigenvalue weighted by molar-refractivity contribution is 7.14. The fourth-order valence-electron chi connectivity index (χ4n) is 4.63. The molecule has 0 atom stereocenters. The summed E-state index contributed by atoms with van der Waals surface area (Å²) in [5, 5.41) is 12.3. The van der Waals surface area contributed by atoms with Gasteiger partial charge in [-0.05, 0) is 62.6 Å². The average Bonchev–Trinajstić information content (AvgIpc) is 3.38. The van der Waals surface area contributed by atoms with E-state index in [0.29, 0.717) is 19.4 Å². The SMILES string of the molecule is COCCN(C)Cc1ccc(COc2ccc(C)cc2-c2csc(N3CCC(C(=O)O)CC3)n2)c(C)c1. The van der Waals surface area contributed by atoms with Gasteiger partial charge in [-0.15, -0.1) is 11.3 Å². The lowest BCUT2D eigenvalue weighted by Gasteiger charge is -2.29. The van der Waals surface area contributed by atoms with Crippen molar-refractivity contribution in [2.24, 2.45) is 5.92 Å². The number of benzene rings is 2. The molecule has 0 amide bonds. The monoisotopic (exact) mass is 523 g/mol. The highest BCUT2D eigenvalue weighted by Crippen LogP contribution is 2.36. The molecule has 1 aliphatic rings. The topological polar surface area (TPSA) is 75.1 Å².